The molecular weight excluding hydrogens is 200 g/mol. The molecule has 0 amide bonds. The topological polar surface area (TPSA) is 86.3 Å². The first-order valence-electron chi connectivity index (χ1n) is 4.53. The van der Waals surface area contributed by atoms with Gasteiger partial charge in [-0.2, -0.15) is 0 Å². The predicted molar refractivity (Wildman–Crippen MR) is 51.7 cm³/mol. The zero-order chi connectivity index (χ0) is 11.0. The fraction of sp³-hybridized carbons (Fsp3) is 0.333. The quantitative estimate of drug-likeness (QED) is 0.563. The molecule has 0 aliphatic heterocycles. The standard InChI is InChI=1S/C9H8N2O4/c12-10(13)7-2-1-3-8(11(14)15)9(7)6-4-5-6/h1-3,6H,4-5H2. The summed E-state index contributed by atoms with van der Waals surface area (Å²) in [6.45, 7) is 0. The zero-order valence-corrected chi connectivity index (χ0v) is 7.75. The van der Waals surface area contributed by atoms with Crippen LogP contribution >= 0.6 is 0 Å². The number of nitro groups is 2. The summed E-state index contributed by atoms with van der Waals surface area (Å²) in [5.74, 6) is -0.00741. The number of rotatable bonds is 3. The summed E-state index contributed by atoms with van der Waals surface area (Å²) in [5, 5.41) is 21.4. The van der Waals surface area contributed by atoms with E-state index in [1.54, 1.807) is 0 Å². The lowest BCUT2D eigenvalue weighted by atomic mass is 10.1. The molecule has 15 heavy (non-hydrogen) atoms. The van der Waals surface area contributed by atoms with E-state index < -0.39 is 9.85 Å². The smallest absolute Gasteiger partial charge is 0.258 e. The summed E-state index contributed by atoms with van der Waals surface area (Å²) in [6, 6.07) is 3.99. The van der Waals surface area contributed by atoms with Crippen molar-refractivity contribution in [2.24, 2.45) is 0 Å². The van der Waals surface area contributed by atoms with Gasteiger partial charge < -0.3 is 0 Å². The minimum atomic E-state index is -0.555. The second-order valence-electron chi connectivity index (χ2n) is 3.50. The lowest BCUT2D eigenvalue weighted by Crippen LogP contribution is -1.99. The molecule has 0 unspecified atom stereocenters. The monoisotopic (exact) mass is 208 g/mol. The van der Waals surface area contributed by atoms with Crippen LogP contribution < -0.4 is 0 Å². The molecule has 78 valence electrons. The van der Waals surface area contributed by atoms with E-state index in [1.165, 1.54) is 18.2 Å². The van der Waals surface area contributed by atoms with Gasteiger partial charge in [0, 0.05) is 12.1 Å². The van der Waals surface area contributed by atoms with E-state index in [0.29, 0.717) is 0 Å². The molecule has 1 aliphatic rings. The predicted octanol–water partition coefficient (Wildman–Crippen LogP) is 2.38. The largest absolute Gasteiger partial charge is 0.279 e. The summed E-state index contributed by atoms with van der Waals surface area (Å²) in [6.07, 6.45) is 1.59. The van der Waals surface area contributed by atoms with Crippen molar-refractivity contribution >= 4 is 11.4 Å². The Hall–Kier alpha value is -1.98. The van der Waals surface area contributed by atoms with E-state index in [-0.39, 0.29) is 22.9 Å². The molecule has 1 aromatic carbocycles. The van der Waals surface area contributed by atoms with Crippen molar-refractivity contribution < 1.29 is 9.85 Å². The van der Waals surface area contributed by atoms with Gasteiger partial charge in [0.15, 0.2) is 0 Å². The van der Waals surface area contributed by atoms with Gasteiger partial charge in [-0.1, -0.05) is 0 Å². The first-order chi connectivity index (χ1) is 7.11. The van der Waals surface area contributed by atoms with E-state index in [2.05, 4.69) is 0 Å². The highest BCUT2D eigenvalue weighted by Crippen LogP contribution is 2.48. The van der Waals surface area contributed by atoms with Crippen molar-refractivity contribution in [1.82, 2.24) is 0 Å². The Kier molecular flexibility index (Phi) is 2.11. The minimum Gasteiger partial charge on any atom is -0.258 e. The average Bonchev–Trinajstić information content (AvgIpc) is 2.99. The van der Waals surface area contributed by atoms with Crippen molar-refractivity contribution in [1.29, 1.82) is 0 Å². The van der Waals surface area contributed by atoms with Crippen molar-refractivity contribution in [3.05, 3.63) is 44.0 Å². The third-order valence-electron chi connectivity index (χ3n) is 2.44. The van der Waals surface area contributed by atoms with Gasteiger partial charge in [0.05, 0.1) is 9.85 Å². The maximum absolute atomic E-state index is 10.7. The van der Waals surface area contributed by atoms with E-state index in [1.807, 2.05) is 0 Å². The molecular formula is C9H8N2O4. The van der Waals surface area contributed by atoms with E-state index >= 15 is 0 Å². The van der Waals surface area contributed by atoms with E-state index in [4.69, 9.17) is 0 Å². The van der Waals surface area contributed by atoms with Crippen LogP contribution in [0.25, 0.3) is 0 Å². The summed E-state index contributed by atoms with van der Waals surface area (Å²) in [4.78, 5) is 20.3. The van der Waals surface area contributed by atoms with Gasteiger partial charge in [0.1, 0.15) is 5.56 Å². The molecule has 1 aromatic rings. The zero-order valence-electron chi connectivity index (χ0n) is 7.75. The average molecular weight is 208 g/mol. The number of benzene rings is 1. The Morgan fingerprint density at radius 3 is 1.87 bits per heavy atom. The number of nitro benzene ring substituents is 2. The van der Waals surface area contributed by atoms with Crippen molar-refractivity contribution in [3.8, 4) is 0 Å². The molecule has 1 fully saturated rings. The molecule has 6 heteroatoms. The van der Waals surface area contributed by atoms with Gasteiger partial charge >= 0.3 is 0 Å². The van der Waals surface area contributed by atoms with E-state index in [9.17, 15) is 20.2 Å². The van der Waals surface area contributed by atoms with Gasteiger partial charge in [-0.3, -0.25) is 20.2 Å². The molecule has 0 atom stereocenters. The van der Waals surface area contributed by atoms with E-state index in [0.717, 1.165) is 12.8 Å². The highest BCUT2D eigenvalue weighted by Gasteiger charge is 2.37. The lowest BCUT2D eigenvalue weighted by molar-refractivity contribution is -0.395. The number of hydrogen-bond acceptors (Lipinski definition) is 4. The van der Waals surface area contributed by atoms with Gasteiger partial charge in [-0.05, 0) is 24.8 Å². The molecule has 2 rings (SSSR count). The van der Waals surface area contributed by atoms with Crippen LogP contribution in [0, 0.1) is 20.2 Å². The summed E-state index contributed by atoms with van der Waals surface area (Å²) in [5.41, 5.74) is 0.0194. The first kappa shape index (κ1) is 9.57. The SMILES string of the molecule is O=[N+]([O-])c1cccc([N+](=O)[O-])c1C1CC1. The van der Waals surface area contributed by atoms with Crippen LogP contribution in [-0.2, 0) is 0 Å². The molecule has 0 saturated heterocycles. The van der Waals surface area contributed by atoms with Crippen LogP contribution in [0.5, 0.6) is 0 Å². The van der Waals surface area contributed by atoms with Crippen LogP contribution in [0.15, 0.2) is 18.2 Å². The maximum atomic E-state index is 10.7. The van der Waals surface area contributed by atoms with Crippen LogP contribution in [-0.4, -0.2) is 9.85 Å². The molecule has 0 N–H and O–H groups in total. The fourth-order valence-electron chi connectivity index (χ4n) is 1.65. The van der Waals surface area contributed by atoms with Crippen LogP contribution in [0.4, 0.5) is 11.4 Å². The molecule has 6 nitrogen and oxygen atoms in total. The molecule has 0 spiro atoms. The van der Waals surface area contributed by atoms with Crippen molar-refractivity contribution in [2.75, 3.05) is 0 Å². The molecule has 0 heterocycles. The van der Waals surface area contributed by atoms with Gasteiger partial charge in [0.2, 0.25) is 0 Å². The van der Waals surface area contributed by atoms with Gasteiger partial charge in [-0.15, -0.1) is 0 Å². The maximum Gasteiger partial charge on any atom is 0.279 e. The highest BCUT2D eigenvalue weighted by atomic mass is 16.6. The Morgan fingerprint density at radius 2 is 1.53 bits per heavy atom. The second-order valence-corrected chi connectivity index (χ2v) is 3.50. The third kappa shape index (κ3) is 1.65. The lowest BCUT2D eigenvalue weighted by Gasteiger charge is -2.01. The third-order valence-corrected chi connectivity index (χ3v) is 2.44. The minimum absolute atomic E-state index is 0.00741. The fourth-order valence-corrected chi connectivity index (χ4v) is 1.65. The highest BCUT2D eigenvalue weighted by molar-refractivity contribution is 5.56. The van der Waals surface area contributed by atoms with Crippen LogP contribution in [0.3, 0.4) is 0 Å². The van der Waals surface area contributed by atoms with Gasteiger partial charge in [0.25, 0.3) is 11.4 Å². The molecule has 1 aliphatic carbocycles. The molecule has 0 aromatic heterocycles. The molecule has 0 bridgehead atoms. The normalized spacial score (nSPS) is 14.9. The Labute approximate surface area is 84.8 Å². The first-order valence-corrected chi connectivity index (χ1v) is 4.53. The van der Waals surface area contributed by atoms with Gasteiger partial charge in [-0.25, -0.2) is 0 Å². The van der Waals surface area contributed by atoms with Crippen molar-refractivity contribution in [3.63, 3.8) is 0 Å². The van der Waals surface area contributed by atoms with Crippen molar-refractivity contribution in [2.45, 2.75) is 18.8 Å². The van der Waals surface area contributed by atoms with Crippen LogP contribution in [0.1, 0.15) is 24.3 Å². The molecule has 1 saturated carbocycles. The Bertz CT molecular complexity index is 407. The Balaban J connectivity index is 2.60. The Morgan fingerprint density at radius 1 is 1.07 bits per heavy atom. The number of hydrogen-bond donors (Lipinski definition) is 0. The summed E-state index contributed by atoms with van der Waals surface area (Å²) in [7, 11) is 0. The summed E-state index contributed by atoms with van der Waals surface area (Å²) < 4.78 is 0. The molecule has 0 radical (unpaired) electrons. The number of nitrogens with zero attached hydrogens (tertiary/aromatic N) is 2. The summed E-state index contributed by atoms with van der Waals surface area (Å²) >= 11 is 0. The van der Waals surface area contributed by atoms with Crippen LogP contribution in [0.2, 0.25) is 0 Å². The second kappa shape index (κ2) is 3.30.